The minimum absolute atomic E-state index is 0.0756. The minimum atomic E-state index is -2.04. The summed E-state index contributed by atoms with van der Waals surface area (Å²) >= 11 is 0. The number of carbonyl (C=O) groups is 3. The largest absolute Gasteiger partial charge is 0.462 e. The molecule has 0 aromatic heterocycles. The smallest absolute Gasteiger partial charge is 0.338 e. The van der Waals surface area contributed by atoms with Crippen LogP contribution in [0.15, 0.2) is 60.7 Å². The van der Waals surface area contributed by atoms with Crippen molar-refractivity contribution in [2.75, 3.05) is 0 Å². The highest BCUT2D eigenvalue weighted by molar-refractivity contribution is 5.89. The molecule has 3 aliphatic rings. The molecule has 1 spiro atoms. The zero-order valence-corrected chi connectivity index (χ0v) is 25.4. The molecule has 0 amide bonds. The van der Waals surface area contributed by atoms with E-state index in [1.807, 2.05) is 0 Å². The molecule has 11 nitrogen and oxygen atoms in total. The molecule has 2 bridgehead atoms. The number of fused-ring (bicyclic) bond motifs is 1. The van der Waals surface area contributed by atoms with Crippen molar-refractivity contribution < 1.29 is 53.8 Å². The molecule has 11 heteroatoms. The Morgan fingerprint density at radius 1 is 0.909 bits per heavy atom. The van der Waals surface area contributed by atoms with Crippen molar-refractivity contribution in [1.82, 2.24) is 0 Å². The van der Waals surface area contributed by atoms with E-state index in [2.05, 4.69) is 0 Å². The number of carbonyl (C=O) groups excluding carboxylic acids is 3. The second-order valence-corrected chi connectivity index (χ2v) is 13.0. The van der Waals surface area contributed by atoms with E-state index >= 15 is 0 Å². The fourth-order valence-corrected chi connectivity index (χ4v) is 7.88. The maximum absolute atomic E-state index is 13.6. The number of aliphatic hydroxyl groups excluding tert-OH is 3. The Bertz CT molecular complexity index is 1390. The summed E-state index contributed by atoms with van der Waals surface area (Å²) in [6, 6.07) is 16.1. The average molecular weight is 613 g/mol. The Hall–Kier alpha value is -3.35. The van der Waals surface area contributed by atoms with Crippen LogP contribution in [0.2, 0.25) is 0 Å². The summed E-state index contributed by atoms with van der Waals surface area (Å²) in [5.74, 6) is -3.76. The molecule has 0 radical (unpaired) electrons. The first kappa shape index (κ1) is 32.1. The van der Waals surface area contributed by atoms with Crippen molar-refractivity contribution in [1.29, 1.82) is 0 Å². The standard InChI is InChI=1S/C33H40O11/c1-18(34)41-21-16-17-31(4,40)33-26(37)22(30(2,3)44-33)25(42-29(39)24(36)23(35)19-12-8-6-9-13-19)27(32(21,33)5)43-28(38)20-14-10-7-11-15-20/h6-15,21-27,35-37,40H,16-17H2,1-5H3/t21-,22+,23-,24+,25-,26+,27-,31-,32-,33-/m0/s1. The van der Waals surface area contributed by atoms with Crippen LogP contribution in [0.25, 0.3) is 0 Å². The van der Waals surface area contributed by atoms with Gasteiger partial charge in [0.05, 0.1) is 34.2 Å². The third-order valence-corrected chi connectivity index (χ3v) is 9.88. The topological polar surface area (TPSA) is 169 Å². The van der Waals surface area contributed by atoms with Crippen LogP contribution >= 0.6 is 0 Å². The fraction of sp³-hybridized carbons (Fsp3) is 0.545. The lowest BCUT2D eigenvalue weighted by Gasteiger charge is -2.64. The Morgan fingerprint density at radius 2 is 1.50 bits per heavy atom. The highest BCUT2D eigenvalue weighted by atomic mass is 16.6. The van der Waals surface area contributed by atoms with Crippen LogP contribution in [-0.2, 0) is 28.5 Å². The van der Waals surface area contributed by atoms with E-state index in [1.165, 1.54) is 38.1 Å². The van der Waals surface area contributed by atoms with Crippen molar-refractivity contribution in [2.45, 2.75) is 101 Å². The van der Waals surface area contributed by atoms with Gasteiger partial charge in [-0.15, -0.1) is 0 Å². The summed E-state index contributed by atoms with van der Waals surface area (Å²) in [5.41, 5.74) is -6.08. The summed E-state index contributed by atoms with van der Waals surface area (Å²) in [6.07, 6.45) is -8.97. The van der Waals surface area contributed by atoms with E-state index in [0.717, 1.165) is 0 Å². The molecule has 4 N–H and O–H groups in total. The lowest BCUT2D eigenvalue weighted by atomic mass is 9.47. The summed E-state index contributed by atoms with van der Waals surface area (Å²) in [6.45, 7) is 7.61. The number of esters is 3. The number of ether oxygens (including phenoxy) is 4. The highest BCUT2D eigenvalue weighted by Gasteiger charge is 2.84. The SMILES string of the molecule is CC(=O)O[C@H]1CC[C@](C)(O)[C@]23OC(C)(C)[C@H]([C@H](OC(=O)[C@H](O)[C@@H](O)c4ccccc4)[C@H](OC(=O)c4ccccc4)[C@]12C)[C@H]3O. The van der Waals surface area contributed by atoms with Crippen molar-refractivity contribution in [3.63, 3.8) is 0 Å². The van der Waals surface area contributed by atoms with Gasteiger partial charge in [0, 0.05) is 6.92 Å². The lowest BCUT2D eigenvalue weighted by molar-refractivity contribution is -0.336. The van der Waals surface area contributed by atoms with Gasteiger partial charge in [-0.25, -0.2) is 9.59 Å². The molecule has 5 rings (SSSR count). The van der Waals surface area contributed by atoms with Crippen LogP contribution in [0.5, 0.6) is 0 Å². The molecular weight excluding hydrogens is 572 g/mol. The molecule has 1 saturated heterocycles. The number of aliphatic hydroxyl groups is 4. The second kappa shape index (κ2) is 11.2. The van der Waals surface area contributed by atoms with Gasteiger partial charge in [-0.2, -0.15) is 0 Å². The van der Waals surface area contributed by atoms with Gasteiger partial charge in [0.2, 0.25) is 0 Å². The van der Waals surface area contributed by atoms with Crippen LogP contribution in [0, 0.1) is 11.3 Å². The van der Waals surface area contributed by atoms with Crippen molar-refractivity contribution in [2.24, 2.45) is 11.3 Å². The summed E-state index contributed by atoms with van der Waals surface area (Å²) in [5, 5.41) is 45.7. The molecule has 2 aromatic carbocycles. The van der Waals surface area contributed by atoms with Gasteiger partial charge in [-0.05, 0) is 58.2 Å². The monoisotopic (exact) mass is 612 g/mol. The quantitative estimate of drug-likeness (QED) is 0.267. The first-order valence-corrected chi connectivity index (χ1v) is 14.7. The van der Waals surface area contributed by atoms with Gasteiger partial charge in [-0.3, -0.25) is 4.79 Å². The lowest BCUT2D eigenvalue weighted by Crippen LogP contribution is -2.81. The molecule has 2 aliphatic carbocycles. The maximum atomic E-state index is 13.6. The summed E-state index contributed by atoms with van der Waals surface area (Å²) in [4.78, 5) is 39.5. The van der Waals surface area contributed by atoms with Gasteiger partial charge in [0.1, 0.15) is 23.9 Å². The minimum Gasteiger partial charge on any atom is -0.462 e. The number of hydrogen-bond acceptors (Lipinski definition) is 11. The average Bonchev–Trinajstić information content (AvgIpc) is 3.17. The zero-order valence-electron chi connectivity index (χ0n) is 25.4. The van der Waals surface area contributed by atoms with Crippen LogP contribution in [0.1, 0.15) is 69.5 Å². The van der Waals surface area contributed by atoms with Crippen LogP contribution in [-0.4, -0.2) is 85.7 Å². The van der Waals surface area contributed by atoms with E-state index < -0.39 is 82.7 Å². The predicted molar refractivity (Wildman–Crippen MR) is 154 cm³/mol. The number of benzene rings is 2. The molecule has 238 valence electrons. The molecule has 44 heavy (non-hydrogen) atoms. The van der Waals surface area contributed by atoms with Crippen molar-refractivity contribution in [3.8, 4) is 0 Å². The first-order chi connectivity index (χ1) is 20.6. The van der Waals surface area contributed by atoms with E-state index in [-0.39, 0.29) is 24.0 Å². The molecular formula is C33H40O11. The number of hydrogen-bond donors (Lipinski definition) is 4. The zero-order chi connectivity index (χ0) is 32.2. The molecule has 10 atom stereocenters. The Balaban J connectivity index is 1.64. The van der Waals surface area contributed by atoms with Crippen LogP contribution in [0.4, 0.5) is 0 Å². The second-order valence-electron chi connectivity index (χ2n) is 13.0. The molecule has 1 heterocycles. The van der Waals surface area contributed by atoms with Gasteiger partial charge in [-0.1, -0.05) is 48.5 Å². The first-order valence-electron chi connectivity index (χ1n) is 14.7. The normalized spacial score (nSPS) is 36.8. The number of rotatable bonds is 7. The molecule has 2 aromatic rings. The maximum Gasteiger partial charge on any atom is 0.338 e. The van der Waals surface area contributed by atoms with E-state index in [0.29, 0.717) is 0 Å². The van der Waals surface area contributed by atoms with Crippen LogP contribution < -0.4 is 0 Å². The molecule has 1 aliphatic heterocycles. The van der Waals surface area contributed by atoms with Gasteiger partial charge >= 0.3 is 17.9 Å². The predicted octanol–water partition coefficient (Wildman–Crippen LogP) is 2.24. The summed E-state index contributed by atoms with van der Waals surface area (Å²) in [7, 11) is 0. The van der Waals surface area contributed by atoms with Crippen molar-refractivity contribution in [3.05, 3.63) is 71.8 Å². The van der Waals surface area contributed by atoms with E-state index in [1.54, 1.807) is 57.2 Å². The Kier molecular flexibility index (Phi) is 8.18. The third kappa shape index (κ3) is 4.82. The highest BCUT2D eigenvalue weighted by Crippen LogP contribution is 2.68. The Labute approximate surface area is 255 Å². The molecule has 2 saturated carbocycles. The van der Waals surface area contributed by atoms with Gasteiger partial charge < -0.3 is 39.4 Å². The molecule has 3 fully saturated rings. The summed E-state index contributed by atoms with van der Waals surface area (Å²) < 4.78 is 24.5. The van der Waals surface area contributed by atoms with Gasteiger partial charge in [0.15, 0.2) is 12.2 Å². The van der Waals surface area contributed by atoms with E-state index in [4.69, 9.17) is 18.9 Å². The van der Waals surface area contributed by atoms with Gasteiger partial charge in [0.25, 0.3) is 0 Å². The molecule has 0 unspecified atom stereocenters. The third-order valence-electron chi connectivity index (χ3n) is 9.88. The Morgan fingerprint density at radius 3 is 2.09 bits per heavy atom. The van der Waals surface area contributed by atoms with Crippen molar-refractivity contribution >= 4 is 17.9 Å². The van der Waals surface area contributed by atoms with E-state index in [9.17, 15) is 34.8 Å². The fourth-order valence-electron chi connectivity index (χ4n) is 7.88. The van der Waals surface area contributed by atoms with Crippen LogP contribution in [0.3, 0.4) is 0 Å².